The smallest absolute Gasteiger partial charge is 0.251 e. The summed E-state index contributed by atoms with van der Waals surface area (Å²) in [5.74, 6) is 3.15. The van der Waals surface area contributed by atoms with Gasteiger partial charge in [0.05, 0.1) is 24.8 Å². The number of fused-ring (bicyclic) bond motifs is 1. The zero-order chi connectivity index (χ0) is 26.7. The number of methoxy groups -OCH3 is 1. The molecule has 1 unspecified atom stereocenters. The molecule has 0 fully saturated rings. The van der Waals surface area contributed by atoms with E-state index in [0.29, 0.717) is 30.4 Å². The van der Waals surface area contributed by atoms with Crippen molar-refractivity contribution in [2.75, 3.05) is 20.3 Å². The molecule has 0 aliphatic heterocycles. The van der Waals surface area contributed by atoms with Crippen LogP contribution in [0.4, 0.5) is 0 Å². The number of nitrogens with zero attached hydrogens (tertiary/aromatic N) is 2. The summed E-state index contributed by atoms with van der Waals surface area (Å²) in [6, 6.07) is 24.0. The summed E-state index contributed by atoms with van der Waals surface area (Å²) in [6.45, 7) is 6.64. The summed E-state index contributed by atoms with van der Waals surface area (Å²) in [6.07, 6.45) is 4.73. The average Bonchev–Trinajstić information content (AvgIpc) is 3.32. The molecule has 1 aromatic heterocycles. The Kier molecular flexibility index (Phi) is 9.79. The summed E-state index contributed by atoms with van der Waals surface area (Å²) >= 11 is 0. The van der Waals surface area contributed by atoms with Crippen molar-refractivity contribution in [3.8, 4) is 11.5 Å². The molecule has 0 aliphatic carbocycles. The van der Waals surface area contributed by atoms with Crippen LogP contribution >= 0.6 is 0 Å². The molecule has 0 aliphatic rings. The van der Waals surface area contributed by atoms with Gasteiger partial charge in [-0.3, -0.25) is 4.79 Å². The van der Waals surface area contributed by atoms with E-state index in [4.69, 9.17) is 14.5 Å². The highest BCUT2D eigenvalue weighted by molar-refractivity contribution is 5.94. The third-order valence-electron chi connectivity index (χ3n) is 7.03. The Balaban J connectivity index is 1.26. The number of ether oxygens (including phenoxy) is 2. The number of hydrogen-bond donors (Lipinski definition) is 1. The van der Waals surface area contributed by atoms with Crippen LogP contribution in [0.2, 0.25) is 0 Å². The number of rotatable bonds is 14. The Morgan fingerprint density at radius 1 is 0.974 bits per heavy atom. The summed E-state index contributed by atoms with van der Waals surface area (Å²) in [7, 11) is 1.60. The van der Waals surface area contributed by atoms with Gasteiger partial charge in [0.1, 0.15) is 17.3 Å². The van der Waals surface area contributed by atoms with E-state index in [1.165, 1.54) is 5.56 Å². The van der Waals surface area contributed by atoms with Crippen molar-refractivity contribution in [2.45, 2.75) is 58.4 Å². The quantitative estimate of drug-likeness (QED) is 0.189. The predicted molar refractivity (Wildman–Crippen MR) is 153 cm³/mol. The molecule has 0 saturated heterocycles. The topological polar surface area (TPSA) is 65.4 Å². The number of imidazole rings is 1. The van der Waals surface area contributed by atoms with Crippen LogP contribution in [0.3, 0.4) is 0 Å². The van der Waals surface area contributed by atoms with Crippen LogP contribution in [-0.2, 0) is 13.0 Å². The minimum atomic E-state index is -0.0908. The van der Waals surface area contributed by atoms with Gasteiger partial charge in [-0.2, -0.15) is 0 Å². The molecule has 4 rings (SSSR count). The van der Waals surface area contributed by atoms with Gasteiger partial charge < -0.3 is 19.4 Å². The van der Waals surface area contributed by atoms with Crippen LogP contribution < -0.4 is 14.8 Å². The molecule has 6 nitrogen and oxygen atoms in total. The molecule has 1 atom stereocenters. The normalized spacial score (nSPS) is 11.9. The second-order valence-electron chi connectivity index (χ2n) is 9.69. The second-order valence-corrected chi connectivity index (χ2v) is 9.69. The molecule has 3 aromatic carbocycles. The number of amides is 1. The molecule has 0 radical (unpaired) electrons. The van der Waals surface area contributed by atoms with Gasteiger partial charge in [-0.15, -0.1) is 0 Å². The zero-order valence-corrected chi connectivity index (χ0v) is 22.8. The fourth-order valence-corrected chi connectivity index (χ4v) is 4.57. The zero-order valence-electron chi connectivity index (χ0n) is 22.8. The number of hydrogen-bond acceptors (Lipinski definition) is 4. The molecule has 38 heavy (non-hydrogen) atoms. The van der Waals surface area contributed by atoms with E-state index in [0.717, 1.165) is 61.3 Å². The summed E-state index contributed by atoms with van der Waals surface area (Å²) in [4.78, 5) is 17.4. The summed E-state index contributed by atoms with van der Waals surface area (Å²) in [5.41, 5.74) is 4.13. The van der Waals surface area contributed by atoms with Gasteiger partial charge in [-0.25, -0.2) is 4.98 Å². The maximum absolute atomic E-state index is 12.5. The Morgan fingerprint density at radius 3 is 2.58 bits per heavy atom. The van der Waals surface area contributed by atoms with Gasteiger partial charge in [0.2, 0.25) is 0 Å². The second kappa shape index (κ2) is 13.7. The number of carbonyl (C=O) groups excluding carboxylic acids is 1. The lowest BCUT2D eigenvalue weighted by Crippen LogP contribution is -2.25. The maximum atomic E-state index is 12.5. The van der Waals surface area contributed by atoms with Crippen molar-refractivity contribution in [2.24, 2.45) is 0 Å². The predicted octanol–water partition coefficient (Wildman–Crippen LogP) is 6.78. The number of para-hydroxylation sites is 2. The van der Waals surface area contributed by atoms with Crippen LogP contribution in [0.5, 0.6) is 11.5 Å². The van der Waals surface area contributed by atoms with E-state index < -0.39 is 0 Å². The Bertz CT molecular complexity index is 1310. The fourth-order valence-electron chi connectivity index (χ4n) is 4.57. The first-order valence-corrected chi connectivity index (χ1v) is 13.7. The largest absolute Gasteiger partial charge is 0.497 e. The Morgan fingerprint density at radius 2 is 1.79 bits per heavy atom. The van der Waals surface area contributed by atoms with Crippen molar-refractivity contribution in [3.05, 3.63) is 89.7 Å². The fraction of sp³-hybridized carbons (Fsp3) is 0.375. The lowest BCUT2D eigenvalue weighted by atomic mass is 9.99. The highest BCUT2D eigenvalue weighted by atomic mass is 16.5. The molecule has 0 bridgehead atoms. The first-order valence-electron chi connectivity index (χ1n) is 13.7. The lowest BCUT2D eigenvalue weighted by Gasteiger charge is -2.12. The summed E-state index contributed by atoms with van der Waals surface area (Å²) in [5, 5.41) is 3.01. The summed E-state index contributed by atoms with van der Waals surface area (Å²) < 4.78 is 13.5. The molecule has 200 valence electrons. The highest BCUT2D eigenvalue weighted by Crippen LogP contribution is 2.22. The number of nitrogens with one attached hydrogen (secondary N) is 1. The van der Waals surface area contributed by atoms with Crippen LogP contribution in [0.1, 0.15) is 67.2 Å². The Hall–Kier alpha value is -3.80. The maximum Gasteiger partial charge on any atom is 0.251 e. The van der Waals surface area contributed by atoms with E-state index in [1.807, 2.05) is 18.2 Å². The molecule has 6 heteroatoms. The minimum absolute atomic E-state index is 0.0908. The van der Waals surface area contributed by atoms with Crippen LogP contribution in [0, 0.1) is 0 Å². The van der Waals surface area contributed by atoms with Gasteiger partial charge in [0.25, 0.3) is 5.91 Å². The average molecular weight is 514 g/mol. The SMILES string of the molecule is CCC(C)c1ccc(OCCCCn2c(CCCNC(=O)c3cccc(OC)c3)nc3ccccc32)cc1. The van der Waals surface area contributed by atoms with Gasteiger partial charge in [0, 0.05) is 25.1 Å². The van der Waals surface area contributed by atoms with Crippen molar-refractivity contribution in [3.63, 3.8) is 0 Å². The third kappa shape index (κ3) is 7.15. The van der Waals surface area contributed by atoms with E-state index in [2.05, 4.69) is 66.2 Å². The number of benzene rings is 3. The van der Waals surface area contributed by atoms with Gasteiger partial charge in [0.15, 0.2) is 0 Å². The lowest BCUT2D eigenvalue weighted by molar-refractivity contribution is 0.0952. The molecule has 1 N–H and O–H groups in total. The first-order chi connectivity index (χ1) is 18.6. The Labute approximate surface area is 226 Å². The molecule has 1 amide bonds. The molecule has 0 spiro atoms. The van der Waals surface area contributed by atoms with E-state index in [1.54, 1.807) is 19.2 Å². The van der Waals surface area contributed by atoms with Crippen LogP contribution in [0.15, 0.2) is 72.8 Å². The highest BCUT2D eigenvalue weighted by Gasteiger charge is 2.11. The molecular weight excluding hydrogens is 474 g/mol. The molecule has 1 heterocycles. The van der Waals surface area contributed by atoms with Crippen molar-refractivity contribution in [1.82, 2.24) is 14.9 Å². The van der Waals surface area contributed by atoms with Crippen molar-refractivity contribution < 1.29 is 14.3 Å². The molecule has 0 saturated carbocycles. The third-order valence-corrected chi connectivity index (χ3v) is 7.03. The van der Waals surface area contributed by atoms with Gasteiger partial charge in [-0.1, -0.05) is 44.2 Å². The standard InChI is InChI=1S/C32H39N3O3/c1-4-24(2)25-16-18-27(19-17-25)38-22-8-7-21-35-30-14-6-5-13-29(30)34-31(35)15-10-20-33-32(36)26-11-9-12-28(23-26)37-3/h5-6,9,11-14,16-19,23-24H,4,7-8,10,15,20-22H2,1-3H3,(H,33,36). The van der Waals surface area contributed by atoms with Gasteiger partial charge in [-0.05, 0) is 79.6 Å². The molecular formula is C32H39N3O3. The number of unbranched alkanes of at least 4 members (excludes halogenated alkanes) is 1. The monoisotopic (exact) mass is 513 g/mol. The van der Waals surface area contributed by atoms with Crippen LogP contribution in [0.25, 0.3) is 11.0 Å². The first kappa shape index (κ1) is 27.2. The number of aromatic nitrogens is 2. The van der Waals surface area contributed by atoms with Crippen molar-refractivity contribution >= 4 is 16.9 Å². The van der Waals surface area contributed by atoms with E-state index in [9.17, 15) is 4.79 Å². The number of aryl methyl sites for hydroxylation is 2. The van der Waals surface area contributed by atoms with Crippen LogP contribution in [-0.4, -0.2) is 35.7 Å². The number of carbonyl (C=O) groups is 1. The van der Waals surface area contributed by atoms with Gasteiger partial charge >= 0.3 is 0 Å². The molecule has 4 aromatic rings. The minimum Gasteiger partial charge on any atom is -0.497 e. The van der Waals surface area contributed by atoms with E-state index >= 15 is 0 Å². The van der Waals surface area contributed by atoms with Crippen molar-refractivity contribution in [1.29, 1.82) is 0 Å². The van der Waals surface area contributed by atoms with E-state index in [-0.39, 0.29) is 5.91 Å².